The molecule has 0 bridgehead atoms. The monoisotopic (exact) mass is 412 g/mol. The predicted octanol–water partition coefficient (Wildman–Crippen LogP) is 4.74. The Bertz CT molecular complexity index is 818. The molecule has 4 rings (SSSR count). The number of rotatable bonds is 5. The number of hydrogen-bond acceptors (Lipinski definition) is 5. The Morgan fingerprint density at radius 3 is 2.57 bits per heavy atom. The van der Waals surface area contributed by atoms with Gasteiger partial charge in [0, 0.05) is 29.9 Å². The fraction of sp³-hybridized carbons (Fsp3) is 0.700. The number of thiophene rings is 1. The van der Waals surface area contributed by atoms with Gasteiger partial charge in [0.15, 0.2) is 0 Å². The molecule has 154 valence electrons. The number of halogens is 3. The van der Waals surface area contributed by atoms with Crippen molar-refractivity contribution in [3.8, 4) is 0 Å². The molecule has 0 aromatic carbocycles. The molecule has 8 heteroatoms. The van der Waals surface area contributed by atoms with Gasteiger partial charge in [-0.25, -0.2) is 9.97 Å². The summed E-state index contributed by atoms with van der Waals surface area (Å²) in [6, 6.07) is 1.63. The lowest BCUT2D eigenvalue weighted by Gasteiger charge is -2.54. The Morgan fingerprint density at radius 2 is 1.93 bits per heavy atom. The Hall–Kier alpha value is -1.41. The van der Waals surface area contributed by atoms with Gasteiger partial charge in [0.2, 0.25) is 0 Å². The van der Waals surface area contributed by atoms with Crippen molar-refractivity contribution >= 4 is 27.4 Å². The van der Waals surface area contributed by atoms with Crippen LogP contribution in [0.5, 0.6) is 0 Å². The normalized spacial score (nSPS) is 21.2. The highest BCUT2D eigenvalue weighted by Crippen LogP contribution is 2.44. The zero-order chi connectivity index (χ0) is 19.9. The van der Waals surface area contributed by atoms with Crippen LogP contribution in [-0.4, -0.2) is 53.8 Å². The van der Waals surface area contributed by atoms with Crippen molar-refractivity contribution in [3.05, 3.63) is 17.3 Å². The van der Waals surface area contributed by atoms with Crippen molar-refractivity contribution in [2.45, 2.75) is 45.7 Å². The van der Waals surface area contributed by atoms with Gasteiger partial charge in [-0.2, -0.15) is 13.2 Å². The molecule has 2 aromatic heterocycles. The van der Waals surface area contributed by atoms with Crippen LogP contribution < -0.4 is 4.90 Å². The number of alkyl halides is 3. The average Bonchev–Trinajstić information content (AvgIpc) is 3.01. The molecule has 0 N–H and O–H groups in total. The quantitative estimate of drug-likeness (QED) is 0.710. The van der Waals surface area contributed by atoms with E-state index in [4.69, 9.17) is 0 Å². The Labute approximate surface area is 167 Å². The summed E-state index contributed by atoms with van der Waals surface area (Å²) in [4.78, 5) is 14.3. The van der Waals surface area contributed by atoms with E-state index in [9.17, 15) is 13.2 Å². The Balaban J connectivity index is 1.41. The van der Waals surface area contributed by atoms with E-state index in [1.54, 1.807) is 6.07 Å². The lowest BCUT2D eigenvalue weighted by molar-refractivity contribution is -0.126. The van der Waals surface area contributed by atoms with Crippen molar-refractivity contribution in [2.75, 3.05) is 37.6 Å². The van der Waals surface area contributed by atoms with Crippen molar-refractivity contribution in [3.63, 3.8) is 0 Å². The van der Waals surface area contributed by atoms with Crippen molar-refractivity contribution in [2.24, 2.45) is 11.3 Å². The molecule has 4 nitrogen and oxygen atoms in total. The third-order valence-electron chi connectivity index (χ3n) is 6.27. The summed E-state index contributed by atoms with van der Waals surface area (Å²) in [6.07, 6.45) is -0.0163. The van der Waals surface area contributed by atoms with E-state index < -0.39 is 12.6 Å². The predicted molar refractivity (Wildman–Crippen MR) is 107 cm³/mol. The van der Waals surface area contributed by atoms with Crippen molar-refractivity contribution in [1.82, 2.24) is 14.9 Å². The molecular weight excluding hydrogens is 385 g/mol. The second kappa shape index (κ2) is 7.44. The van der Waals surface area contributed by atoms with Gasteiger partial charge < -0.3 is 9.80 Å². The molecule has 0 saturated carbocycles. The zero-order valence-corrected chi connectivity index (χ0v) is 17.2. The Morgan fingerprint density at radius 1 is 1.21 bits per heavy atom. The highest BCUT2D eigenvalue weighted by molar-refractivity contribution is 7.18. The molecular formula is C20H27F3N4S. The fourth-order valence-corrected chi connectivity index (χ4v) is 5.46. The first kappa shape index (κ1) is 19.9. The Kier molecular flexibility index (Phi) is 5.29. The lowest BCUT2D eigenvalue weighted by Crippen LogP contribution is -2.61. The fourth-order valence-electron chi connectivity index (χ4n) is 4.44. The van der Waals surface area contributed by atoms with E-state index in [0.29, 0.717) is 15.1 Å². The standard InChI is InChI=1S/C20H27F3N4S/c1-3-14(2)10-26-6-4-19(5-7-26)11-27(12-19)17-16-8-15(9-20(21,22)23)28-18(16)25-13-24-17/h8,13-14H,3-7,9-12H2,1-2H3. The van der Waals surface area contributed by atoms with E-state index in [-0.39, 0.29) is 0 Å². The zero-order valence-electron chi connectivity index (χ0n) is 16.4. The summed E-state index contributed by atoms with van der Waals surface area (Å²) >= 11 is 1.12. The number of nitrogens with zero attached hydrogens (tertiary/aromatic N) is 4. The van der Waals surface area contributed by atoms with Crippen LogP contribution in [0.25, 0.3) is 10.2 Å². The maximum Gasteiger partial charge on any atom is 0.393 e. The third kappa shape index (κ3) is 4.13. The molecule has 4 heterocycles. The van der Waals surface area contributed by atoms with Gasteiger partial charge >= 0.3 is 6.18 Å². The van der Waals surface area contributed by atoms with E-state index in [2.05, 4.69) is 33.6 Å². The number of anilines is 1. The molecule has 0 amide bonds. The average molecular weight is 413 g/mol. The molecule has 2 fully saturated rings. The van der Waals surface area contributed by atoms with Crippen LogP contribution in [0.1, 0.15) is 38.0 Å². The third-order valence-corrected chi connectivity index (χ3v) is 7.31. The smallest absolute Gasteiger partial charge is 0.355 e. The van der Waals surface area contributed by atoms with Gasteiger partial charge in [0.25, 0.3) is 0 Å². The SMILES string of the molecule is CCC(C)CN1CCC2(CC1)CN(c1ncnc3sc(CC(F)(F)F)cc13)C2. The van der Waals surface area contributed by atoms with Gasteiger partial charge in [-0.05, 0) is 37.9 Å². The van der Waals surface area contributed by atoms with E-state index >= 15 is 0 Å². The maximum atomic E-state index is 12.7. The van der Waals surface area contributed by atoms with E-state index in [1.165, 1.54) is 32.1 Å². The minimum absolute atomic E-state index is 0.304. The second-order valence-corrected chi connectivity index (χ2v) is 9.71. The van der Waals surface area contributed by atoms with Crippen molar-refractivity contribution < 1.29 is 13.2 Å². The van der Waals surface area contributed by atoms with Gasteiger partial charge in [0.05, 0.1) is 11.8 Å². The first-order valence-corrected chi connectivity index (χ1v) is 10.9. The largest absolute Gasteiger partial charge is 0.393 e. The van der Waals surface area contributed by atoms with E-state index in [0.717, 1.165) is 54.6 Å². The van der Waals surface area contributed by atoms with Crippen LogP contribution in [0, 0.1) is 11.3 Å². The molecule has 0 radical (unpaired) electrons. The maximum absolute atomic E-state index is 12.7. The molecule has 2 aromatic rings. The number of piperidine rings is 1. The van der Waals surface area contributed by atoms with Crippen LogP contribution in [0.3, 0.4) is 0 Å². The highest BCUT2D eigenvalue weighted by Gasteiger charge is 2.45. The van der Waals surface area contributed by atoms with Crippen LogP contribution in [0.4, 0.5) is 19.0 Å². The molecule has 1 spiro atoms. The molecule has 1 unspecified atom stereocenters. The minimum atomic E-state index is -4.20. The summed E-state index contributed by atoms with van der Waals surface area (Å²) in [5, 5.41) is 0.760. The first-order chi connectivity index (χ1) is 13.3. The molecule has 0 aliphatic carbocycles. The van der Waals surface area contributed by atoms with Crippen LogP contribution in [0.2, 0.25) is 0 Å². The number of aromatic nitrogens is 2. The van der Waals surface area contributed by atoms with Gasteiger partial charge in [0.1, 0.15) is 17.0 Å². The van der Waals surface area contributed by atoms with Crippen molar-refractivity contribution in [1.29, 1.82) is 0 Å². The summed E-state index contributed by atoms with van der Waals surface area (Å²) < 4.78 is 38.2. The number of likely N-dealkylation sites (tertiary alicyclic amines) is 1. The molecule has 2 saturated heterocycles. The van der Waals surface area contributed by atoms with Gasteiger partial charge in [-0.3, -0.25) is 0 Å². The molecule has 1 atom stereocenters. The summed E-state index contributed by atoms with van der Waals surface area (Å²) in [6.45, 7) is 9.91. The second-order valence-electron chi connectivity index (χ2n) is 8.59. The molecule has 2 aliphatic rings. The number of hydrogen-bond donors (Lipinski definition) is 0. The topological polar surface area (TPSA) is 32.3 Å². The molecule has 28 heavy (non-hydrogen) atoms. The summed E-state index contributed by atoms with van der Waals surface area (Å²) in [5.41, 5.74) is 0.341. The van der Waals surface area contributed by atoms with Crippen LogP contribution in [0.15, 0.2) is 12.4 Å². The van der Waals surface area contributed by atoms with E-state index in [1.807, 2.05) is 0 Å². The van der Waals surface area contributed by atoms with Gasteiger partial charge in [-0.15, -0.1) is 11.3 Å². The van der Waals surface area contributed by atoms with Crippen LogP contribution in [-0.2, 0) is 6.42 Å². The van der Waals surface area contributed by atoms with Gasteiger partial charge in [-0.1, -0.05) is 20.3 Å². The highest BCUT2D eigenvalue weighted by atomic mass is 32.1. The number of fused-ring (bicyclic) bond motifs is 1. The lowest BCUT2D eigenvalue weighted by atomic mass is 9.72. The first-order valence-electron chi connectivity index (χ1n) is 10.0. The minimum Gasteiger partial charge on any atom is -0.355 e. The summed E-state index contributed by atoms with van der Waals surface area (Å²) in [7, 11) is 0. The summed E-state index contributed by atoms with van der Waals surface area (Å²) in [5.74, 6) is 1.54. The van der Waals surface area contributed by atoms with Crippen LogP contribution >= 0.6 is 11.3 Å². The molecule has 2 aliphatic heterocycles.